The highest BCUT2D eigenvalue weighted by atomic mass is 32.1. The molecule has 0 amide bonds. The van der Waals surface area contributed by atoms with Crippen molar-refractivity contribution in [1.29, 1.82) is 0 Å². The molecule has 0 saturated carbocycles. The van der Waals surface area contributed by atoms with Gasteiger partial charge < -0.3 is 0 Å². The lowest BCUT2D eigenvalue weighted by Gasteiger charge is -2.09. The van der Waals surface area contributed by atoms with E-state index in [4.69, 9.17) is 0 Å². The van der Waals surface area contributed by atoms with E-state index in [1.165, 1.54) is 0 Å². The van der Waals surface area contributed by atoms with Gasteiger partial charge in [-0.3, -0.25) is 5.43 Å². The topological polar surface area (TPSA) is 27.6 Å². The second-order valence-electron chi connectivity index (χ2n) is 1.47. The fourth-order valence-corrected chi connectivity index (χ4v) is 0.409. The van der Waals surface area contributed by atoms with Crippen molar-refractivity contribution in [3.8, 4) is 0 Å². The highest BCUT2D eigenvalue weighted by molar-refractivity contribution is 7.80. The molecule has 8 heavy (non-hydrogen) atoms. The third-order valence-corrected chi connectivity index (χ3v) is 0.683. The van der Waals surface area contributed by atoms with Gasteiger partial charge in [0.1, 0.15) is 0 Å². The SMILES string of the molecule is C=NC(=S)NN(C)C. The molecule has 4 heteroatoms. The Hall–Kier alpha value is -0.480. The first-order valence-electron chi connectivity index (χ1n) is 2.11. The monoisotopic (exact) mass is 131 g/mol. The quantitative estimate of drug-likeness (QED) is 0.309. The Kier molecular flexibility index (Phi) is 3.30. The second kappa shape index (κ2) is 3.51. The summed E-state index contributed by atoms with van der Waals surface area (Å²) in [5.74, 6) is 0. The summed E-state index contributed by atoms with van der Waals surface area (Å²) in [4.78, 5) is 3.46. The van der Waals surface area contributed by atoms with Crippen LogP contribution in [0.3, 0.4) is 0 Å². The first-order valence-corrected chi connectivity index (χ1v) is 2.52. The minimum absolute atomic E-state index is 0.398. The maximum Gasteiger partial charge on any atom is 0.206 e. The van der Waals surface area contributed by atoms with Crippen LogP contribution in [0.4, 0.5) is 0 Å². The molecule has 0 bridgehead atoms. The van der Waals surface area contributed by atoms with Crippen molar-refractivity contribution in [1.82, 2.24) is 10.4 Å². The van der Waals surface area contributed by atoms with Gasteiger partial charge in [-0.15, -0.1) is 0 Å². The van der Waals surface area contributed by atoms with E-state index in [-0.39, 0.29) is 0 Å². The number of hydrogen-bond acceptors (Lipinski definition) is 2. The van der Waals surface area contributed by atoms with Crippen LogP contribution in [0.1, 0.15) is 0 Å². The summed E-state index contributed by atoms with van der Waals surface area (Å²) < 4.78 is 0. The van der Waals surface area contributed by atoms with Crippen LogP contribution < -0.4 is 5.43 Å². The zero-order chi connectivity index (χ0) is 6.57. The van der Waals surface area contributed by atoms with Crippen molar-refractivity contribution in [2.75, 3.05) is 14.1 Å². The molecule has 0 aromatic rings. The number of hydrazine groups is 1. The van der Waals surface area contributed by atoms with Gasteiger partial charge in [-0.05, 0) is 18.9 Å². The predicted octanol–water partition coefficient (Wildman–Crippen LogP) is 0.0381. The fourth-order valence-electron chi connectivity index (χ4n) is 0.227. The molecular formula is C4H9N3S. The van der Waals surface area contributed by atoms with Gasteiger partial charge >= 0.3 is 0 Å². The lowest BCUT2D eigenvalue weighted by atomic mass is 11.0. The Bertz CT molecular complexity index is 99.5. The van der Waals surface area contributed by atoms with E-state index in [1.54, 1.807) is 5.01 Å². The maximum atomic E-state index is 4.65. The average molecular weight is 131 g/mol. The Balaban J connectivity index is 3.39. The smallest absolute Gasteiger partial charge is 0.206 e. The fraction of sp³-hybridized carbons (Fsp3) is 0.500. The van der Waals surface area contributed by atoms with Crippen LogP contribution in [-0.4, -0.2) is 30.9 Å². The summed E-state index contributed by atoms with van der Waals surface area (Å²) in [6.07, 6.45) is 0. The van der Waals surface area contributed by atoms with E-state index < -0.39 is 0 Å². The lowest BCUT2D eigenvalue weighted by Crippen LogP contribution is -2.33. The molecule has 0 aromatic carbocycles. The molecule has 0 aliphatic heterocycles. The van der Waals surface area contributed by atoms with Crippen LogP contribution in [0, 0.1) is 0 Å². The zero-order valence-electron chi connectivity index (χ0n) is 5.01. The normalized spacial score (nSPS) is 8.88. The number of thiocarbonyl (C=S) groups is 1. The molecule has 0 fully saturated rings. The number of nitrogens with one attached hydrogen (secondary N) is 1. The van der Waals surface area contributed by atoms with Gasteiger partial charge in [0, 0.05) is 14.1 Å². The molecule has 0 aromatic heterocycles. The standard InChI is InChI=1S/C4H9N3S/c1-5-4(8)6-7(2)3/h1H2,2-3H3,(H,6,8). The molecule has 3 nitrogen and oxygen atoms in total. The van der Waals surface area contributed by atoms with Crippen LogP contribution >= 0.6 is 12.2 Å². The first kappa shape index (κ1) is 7.52. The molecule has 0 spiro atoms. The van der Waals surface area contributed by atoms with E-state index in [1.807, 2.05) is 14.1 Å². The molecular weight excluding hydrogens is 122 g/mol. The summed E-state index contributed by atoms with van der Waals surface area (Å²) in [7, 11) is 3.66. The van der Waals surface area contributed by atoms with Gasteiger partial charge in [-0.25, -0.2) is 10.0 Å². The minimum Gasteiger partial charge on any atom is -0.294 e. The van der Waals surface area contributed by atoms with Gasteiger partial charge in [0.2, 0.25) is 5.11 Å². The van der Waals surface area contributed by atoms with E-state index in [9.17, 15) is 0 Å². The average Bonchev–Trinajstić information content (AvgIpc) is 1.65. The molecule has 0 atom stereocenters. The van der Waals surface area contributed by atoms with Crippen LogP contribution in [0.15, 0.2) is 4.99 Å². The Morgan fingerprint density at radius 3 is 2.38 bits per heavy atom. The first-order chi connectivity index (χ1) is 3.66. The molecule has 0 aliphatic rings. The van der Waals surface area contributed by atoms with Gasteiger partial charge in [0.25, 0.3) is 0 Å². The van der Waals surface area contributed by atoms with E-state index in [2.05, 4.69) is 29.4 Å². The molecule has 0 heterocycles. The molecule has 0 rings (SSSR count). The van der Waals surface area contributed by atoms with E-state index >= 15 is 0 Å². The predicted molar refractivity (Wildman–Crippen MR) is 39.0 cm³/mol. The Labute approximate surface area is 54.4 Å². The number of hydrogen-bond donors (Lipinski definition) is 1. The summed E-state index contributed by atoms with van der Waals surface area (Å²) in [6, 6.07) is 0. The lowest BCUT2D eigenvalue weighted by molar-refractivity contribution is 0.364. The van der Waals surface area contributed by atoms with Gasteiger partial charge in [0.05, 0.1) is 0 Å². The van der Waals surface area contributed by atoms with Crippen molar-refractivity contribution in [3.63, 3.8) is 0 Å². The highest BCUT2D eigenvalue weighted by Gasteiger charge is 1.87. The van der Waals surface area contributed by atoms with E-state index in [0.717, 1.165) is 0 Å². The Morgan fingerprint density at radius 2 is 2.25 bits per heavy atom. The van der Waals surface area contributed by atoms with Crippen LogP contribution in [0.2, 0.25) is 0 Å². The van der Waals surface area contributed by atoms with Crippen molar-refractivity contribution >= 4 is 24.0 Å². The van der Waals surface area contributed by atoms with Crippen molar-refractivity contribution in [3.05, 3.63) is 0 Å². The van der Waals surface area contributed by atoms with Crippen molar-refractivity contribution < 1.29 is 0 Å². The summed E-state index contributed by atoms with van der Waals surface area (Å²) in [6.45, 7) is 3.23. The zero-order valence-corrected chi connectivity index (χ0v) is 5.83. The van der Waals surface area contributed by atoms with E-state index in [0.29, 0.717) is 5.11 Å². The number of aliphatic imine (C=N–C) groups is 1. The molecule has 46 valence electrons. The van der Waals surface area contributed by atoms with Gasteiger partial charge in [-0.2, -0.15) is 0 Å². The summed E-state index contributed by atoms with van der Waals surface area (Å²) >= 11 is 4.65. The van der Waals surface area contributed by atoms with Crippen molar-refractivity contribution in [2.24, 2.45) is 4.99 Å². The number of nitrogens with zero attached hydrogens (tertiary/aromatic N) is 2. The largest absolute Gasteiger partial charge is 0.294 e. The molecule has 1 N–H and O–H groups in total. The number of rotatable bonds is 1. The second-order valence-corrected chi connectivity index (χ2v) is 1.86. The molecule has 0 unspecified atom stereocenters. The third kappa shape index (κ3) is 3.70. The van der Waals surface area contributed by atoms with Crippen LogP contribution in [0.25, 0.3) is 0 Å². The molecule has 0 saturated heterocycles. The molecule has 0 aliphatic carbocycles. The van der Waals surface area contributed by atoms with Crippen LogP contribution in [-0.2, 0) is 0 Å². The maximum absolute atomic E-state index is 4.65. The summed E-state index contributed by atoms with van der Waals surface area (Å²) in [5, 5.41) is 2.10. The third-order valence-electron chi connectivity index (χ3n) is 0.463. The van der Waals surface area contributed by atoms with Crippen LogP contribution in [0.5, 0.6) is 0 Å². The molecule has 0 radical (unpaired) electrons. The minimum atomic E-state index is 0.398. The Morgan fingerprint density at radius 1 is 1.75 bits per heavy atom. The van der Waals surface area contributed by atoms with Gasteiger partial charge in [-0.1, -0.05) is 0 Å². The summed E-state index contributed by atoms with van der Waals surface area (Å²) in [5.41, 5.74) is 2.73. The van der Waals surface area contributed by atoms with Gasteiger partial charge in [0.15, 0.2) is 0 Å². The highest BCUT2D eigenvalue weighted by Crippen LogP contribution is 1.71. The van der Waals surface area contributed by atoms with Crippen molar-refractivity contribution in [2.45, 2.75) is 0 Å².